The molecule has 0 saturated carbocycles. The first-order chi connectivity index (χ1) is 4.87. The topological polar surface area (TPSA) is 0 Å². The van der Waals surface area contributed by atoms with Crippen LogP contribution in [0.3, 0.4) is 0 Å². The van der Waals surface area contributed by atoms with Crippen LogP contribution >= 0.6 is 0 Å². The van der Waals surface area contributed by atoms with E-state index >= 15 is 0 Å². The van der Waals surface area contributed by atoms with Crippen LogP contribution in [0.25, 0.3) is 0 Å². The van der Waals surface area contributed by atoms with Gasteiger partial charge in [0.25, 0.3) is 0 Å². The molecule has 1 heteroatoms. The molecule has 64 valence electrons. The molecule has 0 bridgehead atoms. The van der Waals surface area contributed by atoms with Crippen molar-refractivity contribution in [1.82, 2.24) is 0 Å². The van der Waals surface area contributed by atoms with Crippen LogP contribution in [-0.2, 0) is 0 Å². The van der Waals surface area contributed by atoms with Gasteiger partial charge in [0, 0.05) is 0 Å². The number of nitrogens with zero attached hydrogens (tertiary/aromatic N) is 1. The third-order valence-electron chi connectivity index (χ3n) is 2.65. The Balaban J connectivity index is 4.50. The van der Waals surface area contributed by atoms with Gasteiger partial charge in [0.05, 0.1) is 20.6 Å². The van der Waals surface area contributed by atoms with Crippen molar-refractivity contribution in [2.75, 3.05) is 20.6 Å². The first kappa shape index (κ1) is 10.4. The highest BCUT2D eigenvalue weighted by Gasteiger charge is 2.31. The summed E-state index contributed by atoms with van der Waals surface area (Å²) in [5.41, 5.74) is 0.119. The van der Waals surface area contributed by atoms with Crippen molar-refractivity contribution in [3.8, 4) is 0 Å². The summed E-state index contributed by atoms with van der Waals surface area (Å²) >= 11 is 0. The molecule has 0 aliphatic heterocycles. The van der Waals surface area contributed by atoms with Crippen LogP contribution in [0.15, 0.2) is 25.3 Å². The molecule has 0 atom stereocenters. The van der Waals surface area contributed by atoms with E-state index in [4.69, 9.17) is 0 Å². The molecule has 0 fully saturated rings. The molecule has 0 rings (SSSR count). The Bertz CT molecular complexity index is 154. The van der Waals surface area contributed by atoms with Gasteiger partial charge in [-0.25, -0.2) is 0 Å². The fourth-order valence-electron chi connectivity index (χ4n) is 0.805. The minimum absolute atomic E-state index is 0.119. The summed E-state index contributed by atoms with van der Waals surface area (Å²) in [6, 6.07) is 0. The lowest BCUT2D eigenvalue weighted by Crippen LogP contribution is -2.54. The highest BCUT2D eigenvalue weighted by Crippen LogP contribution is 2.20. The van der Waals surface area contributed by atoms with Crippen LogP contribution in [0.2, 0.25) is 0 Å². The Kier molecular flexibility index (Phi) is 3.06. The van der Waals surface area contributed by atoms with Gasteiger partial charge in [-0.2, -0.15) is 0 Å². The Morgan fingerprint density at radius 3 is 2.00 bits per heavy atom. The lowest BCUT2D eigenvalue weighted by molar-refractivity contribution is -0.924. The second kappa shape index (κ2) is 3.22. The second-order valence-electron chi connectivity index (χ2n) is 4.01. The molecule has 0 radical (unpaired) electrons. The summed E-state index contributed by atoms with van der Waals surface area (Å²) in [7, 11) is 4.37. The molecular weight excluding hydrogens is 134 g/mol. The first-order valence-electron chi connectivity index (χ1n) is 3.95. The Hall–Kier alpha value is -0.560. The molecule has 0 unspecified atom stereocenters. The van der Waals surface area contributed by atoms with Gasteiger partial charge in [-0.3, -0.25) is 0 Å². The van der Waals surface area contributed by atoms with Gasteiger partial charge in [0.15, 0.2) is 0 Å². The maximum absolute atomic E-state index is 3.83. The summed E-state index contributed by atoms with van der Waals surface area (Å²) in [6.07, 6.45) is 3.95. The fourth-order valence-corrected chi connectivity index (χ4v) is 0.805. The van der Waals surface area contributed by atoms with Crippen LogP contribution in [0.5, 0.6) is 0 Å². The zero-order valence-electron chi connectivity index (χ0n) is 8.22. The molecule has 1 nitrogen and oxygen atoms in total. The van der Waals surface area contributed by atoms with Crippen LogP contribution < -0.4 is 0 Å². The van der Waals surface area contributed by atoms with Crippen LogP contribution in [0.4, 0.5) is 0 Å². The predicted molar refractivity (Wildman–Crippen MR) is 51.4 cm³/mol. The average molecular weight is 154 g/mol. The van der Waals surface area contributed by atoms with Crippen molar-refractivity contribution in [3.63, 3.8) is 0 Å². The lowest BCUT2D eigenvalue weighted by atomic mass is 10.0. The first-order valence-corrected chi connectivity index (χ1v) is 3.95. The van der Waals surface area contributed by atoms with E-state index in [1.54, 1.807) is 0 Å². The number of rotatable bonds is 4. The van der Waals surface area contributed by atoms with Gasteiger partial charge in [-0.1, -0.05) is 13.2 Å². The lowest BCUT2D eigenvalue weighted by Gasteiger charge is -2.42. The van der Waals surface area contributed by atoms with E-state index in [0.29, 0.717) is 0 Å². The molecule has 0 N–H and O–H groups in total. The maximum atomic E-state index is 3.83. The summed E-state index contributed by atoms with van der Waals surface area (Å²) in [5.74, 6) is 0. The van der Waals surface area contributed by atoms with Crippen molar-refractivity contribution in [2.24, 2.45) is 0 Å². The quantitative estimate of drug-likeness (QED) is 0.430. The molecule has 0 saturated heterocycles. The molecule has 11 heavy (non-hydrogen) atoms. The zero-order chi connectivity index (χ0) is 9.12. The molecule has 0 aromatic heterocycles. The third-order valence-corrected chi connectivity index (χ3v) is 2.65. The van der Waals surface area contributed by atoms with E-state index < -0.39 is 0 Å². The van der Waals surface area contributed by atoms with Crippen molar-refractivity contribution >= 4 is 0 Å². The van der Waals surface area contributed by atoms with E-state index in [0.717, 1.165) is 11.0 Å². The number of hydrogen-bond donors (Lipinski definition) is 0. The van der Waals surface area contributed by atoms with Crippen molar-refractivity contribution in [1.29, 1.82) is 0 Å². The Labute approximate surface area is 70.6 Å². The molecule has 0 aromatic carbocycles. The Morgan fingerprint density at radius 2 is 1.73 bits per heavy atom. The molecule has 0 aliphatic rings. The molecule has 0 amide bonds. The van der Waals surface area contributed by atoms with Crippen LogP contribution in [0.1, 0.15) is 13.8 Å². The average Bonchev–Trinajstić information content (AvgIpc) is 1.87. The SMILES string of the molecule is C=CC[N+](C)(C)C(C)(C)C=C. The van der Waals surface area contributed by atoms with Crippen molar-refractivity contribution < 1.29 is 4.48 Å². The molecular formula is C10H20N+. The summed E-state index contributed by atoms with van der Waals surface area (Å²) in [4.78, 5) is 0. The van der Waals surface area contributed by atoms with Crippen LogP contribution in [-0.4, -0.2) is 30.7 Å². The van der Waals surface area contributed by atoms with E-state index in [2.05, 4.69) is 41.1 Å². The summed E-state index contributed by atoms with van der Waals surface area (Å²) < 4.78 is 0.903. The van der Waals surface area contributed by atoms with Crippen LogP contribution in [0, 0.1) is 0 Å². The van der Waals surface area contributed by atoms with Gasteiger partial charge in [0.1, 0.15) is 5.54 Å². The van der Waals surface area contributed by atoms with Gasteiger partial charge < -0.3 is 4.48 Å². The Morgan fingerprint density at radius 1 is 1.27 bits per heavy atom. The number of quaternary nitrogens is 1. The molecule has 0 aliphatic carbocycles. The van der Waals surface area contributed by atoms with Gasteiger partial charge in [-0.15, -0.1) is 0 Å². The van der Waals surface area contributed by atoms with Gasteiger partial charge in [-0.05, 0) is 26.0 Å². The highest BCUT2D eigenvalue weighted by molar-refractivity contribution is 4.90. The second-order valence-corrected chi connectivity index (χ2v) is 4.01. The largest absolute Gasteiger partial charge is 0.318 e. The predicted octanol–water partition coefficient (Wildman–Crippen LogP) is 2.21. The third kappa shape index (κ3) is 2.19. The molecule has 0 spiro atoms. The smallest absolute Gasteiger partial charge is 0.112 e. The fraction of sp³-hybridized carbons (Fsp3) is 0.600. The zero-order valence-corrected chi connectivity index (χ0v) is 8.22. The summed E-state index contributed by atoms with van der Waals surface area (Å²) in [5, 5.41) is 0. The van der Waals surface area contributed by atoms with E-state index in [9.17, 15) is 0 Å². The van der Waals surface area contributed by atoms with Crippen molar-refractivity contribution in [3.05, 3.63) is 25.3 Å². The normalized spacial score (nSPS) is 12.7. The van der Waals surface area contributed by atoms with E-state index in [1.807, 2.05) is 12.2 Å². The monoisotopic (exact) mass is 154 g/mol. The number of likely N-dealkylation sites (N-methyl/N-ethyl adjacent to an activating group) is 1. The minimum Gasteiger partial charge on any atom is -0.318 e. The molecule has 0 heterocycles. The minimum atomic E-state index is 0.119. The van der Waals surface area contributed by atoms with Gasteiger partial charge in [0.2, 0.25) is 0 Å². The van der Waals surface area contributed by atoms with E-state index in [1.165, 1.54) is 0 Å². The maximum Gasteiger partial charge on any atom is 0.112 e. The van der Waals surface area contributed by atoms with Gasteiger partial charge >= 0.3 is 0 Å². The highest BCUT2D eigenvalue weighted by atomic mass is 15.4. The molecule has 0 aromatic rings. The number of hydrogen-bond acceptors (Lipinski definition) is 0. The standard InChI is InChI=1S/C10H20N/c1-7-9-11(5,6)10(3,4)8-2/h7-8H,1-2,9H2,3-6H3/q+1. The van der Waals surface area contributed by atoms with E-state index in [-0.39, 0.29) is 5.54 Å². The van der Waals surface area contributed by atoms with Crippen molar-refractivity contribution in [2.45, 2.75) is 19.4 Å². The summed E-state index contributed by atoms with van der Waals surface area (Å²) in [6.45, 7) is 12.9.